The molecule has 6 heteroatoms. The van der Waals surface area contributed by atoms with E-state index in [0.29, 0.717) is 5.52 Å². The first-order valence-corrected chi connectivity index (χ1v) is 4.82. The molecule has 0 saturated carbocycles. The molecule has 1 N–H and O–H groups in total. The fourth-order valence-corrected chi connectivity index (χ4v) is 1.68. The van der Waals surface area contributed by atoms with Crippen molar-refractivity contribution >= 4 is 17.0 Å². The van der Waals surface area contributed by atoms with Crippen LogP contribution in [0, 0.1) is 0 Å². The molecule has 0 aliphatic carbocycles. The summed E-state index contributed by atoms with van der Waals surface area (Å²) in [6.45, 7) is 0.164. The van der Waals surface area contributed by atoms with Crippen LogP contribution in [0.25, 0.3) is 11.0 Å². The SMILES string of the molecule is Cn1c(=O)n(CCC(=O)O)c2cnccc21. The number of hydrogen-bond acceptors (Lipinski definition) is 3. The zero-order chi connectivity index (χ0) is 11.7. The molecule has 2 aromatic rings. The fourth-order valence-electron chi connectivity index (χ4n) is 1.68. The molecule has 84 valence electrons. The first-order valence-electron chi connectivity index (χ1n) is 4.82. The van der Waals surface area contributed by atoms with Crippen molar-refractivity contribution in [2.45, 2.75) is 13.0 Å². The van der Waals surface area contributed by atoms with Gasteiger partial charge in [-0.2, -0.15) is 0 Å². The number of aromatic nitrogens is 3. The summed E-state index contributed by atoms with van der Waals surface area (Å²) in [6.07, 6.45) is 3.09. The third-order valence-electron chi connectivity index (χ3n) is 2.50. The van der Waals surface area contributed by atoms with Crippen LogP contribution in [-0.2, 0) is 18.4 Å². The smallest absolute Gasteiger partial charge is 0.328 e. The Kier molecular flexibility index (Phi) is 2.47. The second-order valence-electron chi connectivity index (χ2n) is 3.50. The van der Waals surface area contributed by atoms with Crippen LogP contribution in [0.15, 0.2) is 23.3 Å². The first-order chi connectivity index (χ1) is 7.61. The highest BCUT2D eigenvalue weighted by Gasteiger charge is 2.10. The van der Waals surface area contributed by atoms with Gasteiger partial charge < -0.3 is 5.11 Å². The largest absolute Gasteiger partial charge is 0.481 e. The molecule has 0 spiro atoms. The standard InChI is InChI=1S/C10H11N3O3/c1-12-7-2-4-11-6-8(7)13(10(12)16)5-3-9(14)15/h2,4,6H,3,5H2,1H3,(H,14,15). The Bertz CT molecular complexity index is 597. The zero-order valence-electron chi connectivity index (χ0n) is 8.75. The topological polar surface area (TPSA) is 77.1 Å². The van der Waals surface area contributed by atoms with Crippen LogP contribution in [0.3, 0.4) is 0 Å². The number of carboxylic acid groups (broad SMARTS) is 1. The molecule has 0 atom stereocenters. The zero-order valence-corrected chi connectivity index (χ0v) is 8.75. The quantitative estimate of drug-likeness (QED) is 0.803. The van der Waals surface area contributed by atoms with Crippen LogP contribution in [0.5, 0.6) is 0 Å². The normalized spacial score (nSPS) is 10.8. The Morgan fingerprint density at radius 3 is 2.94 bits per heavy atom. The van der Waals surface area contributed by atoms with Gasteiger partial charge in [-0.1, -0.05) is 0 Å². The molecule has 0 aliphatic heterocycles. The van der Waals surface area contributed by atoms with E-state index in [4.69, 9.17) is 5.11 Å². The number of fused-ring (bicyclic) bond motifs is 1. The fraction of sp³-hybridized carbons (Fsp3) is 0.300. The number of imidazole rings is 1. The summed E-state index contributed by atoms with van der Waals surface area (Å²) in [7, 11) is 1.65. The lowest BCUT2D eigenvalue weighted by Gasteiger charge is -1.98. The van der Waals surface area contributed by atoms with Crippen LogP contribution in [0.1, 0.15) is 6.42 Å². The van der Waals surface area contributed by atoms with E-state index in [1.807, 2.05) is 0 Å². The van der Waals surface area contributed by atoms with Gasteiger partial charge in [-0.3, -0.25) is 18.9 Å². The minimum Gasteiger partial charge on any atom is -0.481 e. The van der Waals surface area contributed by atoms with E-state index in [9.17, 15) is 9.59 Å². The van der Waals surface area contributed by atoms with Gasteiger partial charge in [0.15, 0.2) is 0 Å². The van der Waals surface area contributed by atoms with Gasteiger partial charge in [0.2, 0.25) is 0 Å². The van der Waals surface area contributed by atoms with Crippen molar-refractivity contribution in [3.05, 3.63) is 28.9 Å². The van der Waals surface area contributed by atoms with Crippen molar-refractivity contribution < 1.29 is 9.90 Å². The van der Waals surface area contributed by atoms with E-state index in [0.717, 1.165) is 5.52 Å². The summed E-state index contributed by atoms with van der Waals surface area (Å²) < 4.78 is 2.91. The molecule has 0 aromatic carbocycles. The van der Waals surface area contributed by atoms with Gasteiger partial charge in [0.05, 0.1) is 23.7 Å². The summed E-state index contributed by atoms with van der Waals surface area (Å²) in [5.41, 5.74) is 1.20. The van der Waals surface area contributed by atoms with Crippen molar-refractivity contribution in [1.82, 2.24) is 14.1 Å². The average molecular weight is 221 g/mol. The highest BCUT2D eigenvalue weighted by atomic mass is 16.4. The summed E-state index contributed by atoms with van der Waals surface area (Å²) >= 11 is 0. The van der Waals surface area contributed by atoms with E-state index < -0.39 is 5.97 Å². The third-order valence-corrected chi connectivity index (χ3v) is 2.50. The number of hydrogen-bond donors (Lipinski definition) is 1. The second kappa shape index (κ2) is 3.80. The Hall–Kier alpha value is -2.11. The molecule has 6 nitrogen and oxygen atoms in total. The summed E-state index contributed by atoms with van der Waals surface area (Å²) in [5.74, 6) is -0.923. The summed E-state index contributed by atoms with van der Waals surface area (Å²) in [6, 6.07) is 1.73. The molecule has 2 rings (SSSR count). The Balaban J connectivity index is 2.55. The van der Waals surface area contributed by atoms with Crippen molar-refractivity contribution in [2.75, 3.05) is 0 Å². The van der Waals surface area contributed by atoms with Crippen molar-refractivity contribution in [3.63, 3.8) is 0 Å². The van der Waals surface area contributed by atoms with E-state index >= 15 is 0 Å². The third kappa shape index (κ3) is 1.58. The van der Waals surface area contributed by atoms with Gasteiger partial charge in [0.25, 0.3) is 0 Å². The Labute approximate surface area is 90.8 Å². The maximum atomic E-state index is 11.8. The minimum atomic E-state index is -0.923. The van der Waals surface area contributed by atoms with Crippen molar-refractivity contribution in [1.29, 1.82) is 0 Å². The van der Waals surface area contributed by atoms with Crippen LogP contribution in [-0.4, -0.2) is 25.2 Å². The molecular weight excluding hydrogens is 210 g/mol. The highest BCUT2D eigenvalue weighted by Crippen LogP contribution is 2.09. The number of pyridine rings is 1. The van der Waals surface area contributed by atoms with Gasteiger partial charge >= 0.3 is 11.7 Å². The Morgan fingerprint density at radius 1 is 1.50 bits per heavy atom. The van der Waals surface area contributed by atoms with Gasteiger partial charge in [0, 0.05) is 19.8 Å². The molecule has 0 bridgehead atoms. The van der Waals surface area contributed by atoms with Crippen LogP contribution in [0.2, 0.25) is 0 Å². The molecule has 0 unspecified atom stereocenters. The molecule has 0 aliphatic rings. The monoisotopic (exact) mass is 221 g/mol. The van der Waals surface area contributed by atoms with Crippen LogP contribution < -0.4 is 5.69 Å². The molecule has 16 heavy (non-hydrogen) atoms. The maximum Gasteiger partial charge on any atom is 0.328 e. The molecule has 2 heterocycles. The minimum absolute atomic E-state index is 0.0755. The molecule has 2 aromatic heterocycles. The van der Waals surface area contributed by atoms with Crippen molar-refractivity contribution in [2.24, 2.45) is 7.05 Å². The molecule has 0 radical (unpaired) electrons. The molecule has 0 amide bonds. The predicted octanol–water partition coefficient (Wildman–Crippen LogP) is 0.210. The van der Waals surface area contributed by atoms with Crippen LogP contribution >= 0.6 is 0 Å². The van der Waals surface area contributed by atoms with Crippen LogP contribution in [0.4, 0.5) is 0 Å². The summed E-state index contributed by atoms with van der Waals surface area (Å²) in [4.78, 5) is 26.2. The number of aryl methyl sites for hydroxylation is 2. The number of carbonyl (C=O) groups is 1. The Morgan fingerprint density at radius 2 is 2.25 bits per heavy atom. The van der Waals surface area contributed by atoms with Crippen molar-refractivity contribution in [3.8, 4) is 0 Å². The van der Waals surface area contributed by atoms with Gasteiger partial charge in [0.1, 0.15) is 0 Å². The van der Waals surface area contributed by atoms with E-state index in [-0.39, 0.29) is 18.7 Å². The lowest BCUT2D eigenvalue weighted by molar-refractivity contribution is -0.137. The second-order valence-corrected chi connectivity index (χ2v) is 3.50. The average Bonchev–Trinajstić information content (AvgIpc) is 2.50. The maximum absolute atomic E-state index is 11.8. The predicted molar refractivity (Wildman–Crippen MR) is 57.2 cm³/mol. The first kappa shape index (κ1) is 10.4. The molecule has 0 fully saturated rings. The van der Waals surface area contributed by atoms with E-state index in [1.165, 1.54) is 9.13 Å². The number of aliphatic carboxylic acids is 1. The van der Waals surface area contributed by atoms with E-state index in [2.05, 4.69) is 4.98 Å². The summed E-state index contributed by atoms with van der Waals surface area (Å²) in [5, 5.41) is 8.61. The highest BCUT2D eigenvalue weighted by molar-refractivity contribution is 5.75. The van der Waals surface area contributed by atoms with Gasteiger partial charge in [-0.05, 0) is 6.07 Å². The lowest BCUT2D eigenvalue weighted by atomic mass is 10.4. The molecular formula is C10H11N3O3. The number of carboxylic acids is 1. The van der Waals surface area contributed by atoms with E-state index in [1.54, 1.807) is 25.5 Å². The number of rotatable bonds is 3. The van der Waals surface area contributed by atoms with Gasteiger partial charge in [-0.15, -0.1) is 0 Å². The van der Waals surface area contributed by atoms with Gasteiger partial charge in [-0.25, -0.2) is 4.79 Å². The molecule has 0 saturated heterocycles. The lowest BCUT2D eigenvalue weighted by Crippen LogP contribution is -2.23. The number of nitrogens with zero attached hydrogens (tertiary/aromatic N) is 3.